The molecule has 0 bridgehead atoms. The molecule has 6 nitrogen and oxygen atoms in total. The molecule has 0 saturated carbocycles. The molecule has 0 fully saturated rings. The first-order chi connectivity index (χ1) is 14.6. The van der Waals surface area contributed by atoms with Crippen molar-refractivity contribution in [2.45, 2.75) is 25.7 Å². The molecule has 0 aromatic heterocycles. The van der Waals surface area contributed by atoms with Crippen LogP contribution in [-0.4, -0.2) is 46.5 Å². The lowest BCUT2D eigenvalue weighted by Gasteiger charge is -2.07. The van der Waals surface area contributed by atoms with Crippen LogP contribution in [0.3, 0.4) is 0 Å². The maximum Gasteiger partial charge on any atom is 0.128 e. The number of ether oxygens (including phenoxy) is 2. The summed E-state index contributed by atoms with van der Waals surface area (Å²) in [6, 6.07) is 10.1. The third-order valence-electron chi connectivity index (χ3n) is 4.06. The van der Waals surface area contributed by atoms with Gasteiger partial charge in [-0.3, -0.25) is 0 Å². The van der Waals surface area contributed by atoms with Gasteiger partial charge in [-0.2, -0.15) is 10.2 Å². The second-order valence-electron chi connectivity index (χ2n) is 6.42. The van der Waals surface area contributed by atoms with Gasteiger partial charge in [0.1, 0.15) is 23.0 Å². The van der Waals surface area contributed by atoms with Gasteiger partial charge in [0.05, 0.1) is 25.6 Å². The van der Waals surface area contributed by atoms with Gasteiger partial charge >= 0.3 is 0 Å². The average molecular weight is 542 g/mol. The summed E-state index contributed by atoms with van der Waals surface area (Å²) in [4.78, 5) is 0. The van der Waals surface area contributed by atoms with E-state index in [4.69, 9.17) is 9.47 Å². The zero-order valence-electron chi connectivity index (χ0n) is 16.6. The van der Waals surface area contributed by atoms with Crippen LogP contribution in [0.5, 0.6) is 23.0 Å². The van der Waals surface area contributed by atoms with Gasteiger partial charge in [0.15, 0.2) is 0 Å². The van der Waals surface area contributed by atoms with Crippen molar-refractivity contribution in [3.8, 4) is 23.0 Å². The summed E-state index contributed by atoms with van der Waals surface area (Å²) >= 11 is 6.76. The lowest BCUT2D eigenvalue weighted by Crippen LogP contribution is -1.98. The number of rotatable bonds is 13. The molecule has 0 saturated heterocycles. The van der Waals surface area contributed by atoms with Crippen LogP contribution in [0.25, 0.3) is 0 Å². The van der Waals surface area contributed by atoms with Crippen LogP contribution in [0.15, 0.2) is 46.6 Å². The minimum Gasteiger partial charge on any atom is -0.507 e. The molecule has 0 aliphatic rings. The average Bonchev–Trinajstić information content (AvgIpc) is 2.74. The smallest absolute Gasteiger partial charge is 0.128 e. The van der Waals surface area contributed by atoms with Crippen molar-refractivity contribution in [3.63, 3.8) is 0 Å². The highest BCUT2D eigenvalue weighted by Crippen LogP contribution is 2.24. The highest BCUT2D eigenvalue weighted by atomic mass is 79.9. The van der Waals surface area contributed by atoms with Gasteiger partial charge in [-0.1, -0.05) is 31.9 Å². The minimum atomic E-state index is 0.0659. The predicted octanol–water partition coefficient (Wildman–Crippen LogP) is 5.66. The molecule has 0 aliphatic carbocycles. The zero-order chi connectivity index (χ0) is 21.6. The van der Waals surface area contributed by atoms with E-state index in [-0.39, 0.29) is 11.5 Å². The van der Waals surface area contributed by atoms with Crippen LogP contribution in [0.4, 0.5) is 0 Å². The quantitative estimate of drug-likeness (QED) is 0.148. The summed E-state index contributed by atoms with van der Waals surface area (Å²) in [5, 5.41) is 30.0. The number of alkyl halides is 2. The van der Waals surface area contributed by atoms with Crippen LogP contribution >= 0.6 is 31.9 Å². The van der Waals surface area contributed by atoms with E-state index in [2.05, 4.69) is 42.1 Å². The Morgan fingerprint density at radius 2 is 1.13 bits per heavy atom. The number of hydrogen-bond donors (Lipinski definition) is 2. The van der Waals surface area contributed by atoms with Crippen molar-refractivity contribution >= 4 is 44.3 Å². The molecule has 8 heteroatoms. The fourth-order valence-electron chi connectivity index (χ4n) is 2.41. The minimum absolute atomic E-state index is 0.0659. The van der Waals surface area contributed by atoms with E-state index in [1.165, 1.54) is 12.4 Å². The SMILES string of the molecule is Oc1cc(OCCCCBr)ccc1C=NN=Cc1ccc(OCCCCBr)cc1O. The van der Waals surface area contributed by atoms with E-state index < -0.39 is 0 Å². The first-order valence-corrected chi connectivity index (χ1v) is 12.0. The molecule has 0 heterocycles. The Hall–Kier alpha value is -2.06. The van der Waals surface area contributed by atoms with Crippen LogP contribution < -0.4 is 9.47 Å². The first kappa shape index (κ1) is 24.2. The van der Waals surface area contributed by atoms with Crippen molar-refractivity contribution in [2.75, 3.05) is 23.9 Å². The number of nitrogens with zero attached hydrogens (tertiary/aromatic N) is 2. The Labute approximate surface area is 193 Å². The standard InChI is InChI=1S/C22H26Br2N2O4/c23-9-1-3-11-29-19-7-5-17(21(27)13-19)15-25-26-16-18-6-8-20(14-22(18)28)30-12-4-2-10-24/h5-8,13-16,27-28H,1-4,9-12H2. The monoisotopic (exact) mass is 540 g/mol. The summed E-state index contributed by atoms with van der Waals surface area (Å²) in [5.41, 5.74) is 1.05. The number of phenols is 2. The number of benzene rings is 2. The van der Waals surface area contributed by atoms with Gasteiger partial charge in [0, 0.05) is 33.9 Å². The molecule has 0 radical (unpaired) electrons. The molecule has 0 unspecified atom stereocenters. The van der Waals surface area contributed by atoms with E-state index in [0.29, 0.717) is 35.8 Å². The number of hydrogen-bond acceptors (Lipinski definition) is 6. The second-order valence-corrected chi connectivity index (χ2v) is 8.01. The van der Waals surface area contributed by atoms with Gasteiger partial charge in [-0.05, 0) is 49.9 Å². The third kappa shape index (κ3) is 8.75. The Bertz CT molecular complexity index is 774. The Morgan fingerprint density at radius 1 is 0.700 bits per heavy atom. The van der Waals surface area contributed by atoms with Crippen molar-refractivity contribution in [2.24, 2.45) is 10.2 Å². The van der Waals surface area contributed by atoms with E-state index >= 15 is 0 Å². The molecule has 0 aliphatic heterocycles. The molecule has 0 spiro atoms. The molecule has 2 aromatic carbocycles. The van der Waals surface area contributed by atoms with Crippen LogP contribution in [0.2, 0.25) is 0 Å². The molecule has 0 atom stereocenters. The highest BCUT2D eigenvalue weighted by molar-refractivity contribution is 9.09. The summed E-state index contributed by atoms with van der Waals surface area (Å²) in [5.74, 6) is 1.36. The topological polar surface area (TPSA) is 83.6 Å². The normalized spacial score (nSPS) is 11.4. The van der Waals surface area contributed by atoms with Crippen LogP contribution in [-0.2, 0) is 0 Å². The molecule has 162 valence electrons. The fourth-order valence-corrected chi connectivity index (χ4v) is 3.20. The molecule has 2 N–H and O–H groups in total. The number of halogens is 2. The largest absolute Gasteiger partial charge is 0.507 e. The molecular formula is C22H26Br2N2O4. The summed E-state index contributed by atoms with van der Waals surface area (Å²) in [6.07, 6.45) is 6.86. The molecule has 30 heavy (non-hydrogen) atoms. The zero-order valence-corrected chi connectivity index (χ0v) is 19.8. The number of phenolic OH excluding ortho intramolecular Hbond substituents is 2. The molecule has 2 rings (SSSR count). The molecular weight excluding hydrogens is 516 g/mol. The van der Waals surface area contributed by atoms with Crippen LogP contribution in [0.1, 0.15) is 36.8 Å². The Morgan fingerprint density at radius 3 is 1.50 bits per heavy atom. The number of unbranched alkanes of at least 4 members (excludes halogenated alkanes) is 2. The van der Waals surface area contributed by atoms with Gasteiger partial charge in [-0.15, -0.1) is 0 Å². The lowest BCUT2D eigenvalue weighted by atomic mass is 10.2. The van der Waals surface area contributed by atoms with E-state index in [1.54, 1.807) is 36.4 Å². The Kier molecular flexibility index (Phi) is 11.3. The summed E-state index contributed by atoms with van der Waals surface area (Å²) in [7, 11) is 0. The van der Waals surface area contributed by atoms with E-state index in [9.17, 15) is 10.2 Å². The van der Waals surface area contributed by atoms with Crippen molar-refractivity contribution in [1.29, 1.82) is 0 Å². The van der Waals surface area contributed by atoms with Gasteiger partial charge in [0.2, 0.25) is 0 Å². The predicted molar refractivity (Wildman–Crippen MR) is 128 cm³/mol. The molecule has 2 aromatic rings. The summed E-state index contributed by atoms with van der Waals surface area (Å²) in [6.45, 7) is 1.21. The number of aromatic hydroxyl groups is 2. The van der Waals surface area contributed by atoms with Gasteiger partial charge in [0.25, 0.3) is 0 Å². The van der Waals surface area contributed by atoms with E-state index in [1.807, 2.05) is 0 Å². The van der Waals surface area contributed by atoms with E-state index in [0.717, 1.165) is 36.3 Å². The van der Waals surface area contributed by atoms with Gasteiger partial charge in [-0.25, -0.2) is 0 Å². The van der Waals surface area contributed by atoms with Crippen LogP contribution in [0, 0.1) is 0 Å². The second kappa shape index (κ2) is 14.0. The third-order valence-corrected chi connectivity index (χ3v) is 5.18. The maximum atomic E-state index is 10.1. The lowest BCUT2D eigenvalue weighted by molar-refractivity contribution is 0.308. The van der Waals surface area contributed by atoms with Crippen molar-refractivity contribution in [1.82, 2.24) is 0 Å². The van der Waals surface area contributed by atoms with Crippen molar-refractivity contribution in [3.05, 3.63) is 47.5 Å². The maximum absolute atomic E-state index is 10.1. The first-order valence-electron chi connectivity index (χ1n) is 9.74. The van der Waals surface area contributed by atoms with Crippen molar-refractivity contribution < 1.29 is 19.7 Å². The fraction of sp³-hybridized carbons (Fsp3) is 0.364. The van der Waals surface area contributed by atoms with Gasteiger partial charge < -0.3 is 19.7 Å². The summed E-state index contributed by atoms with van der Waals surface area (Å²) < 4.78 is 11.2. The molecule has 0 amide bonds. The Balaban J connectivity index is 1.88. The highest BCUT2D eigenvalue weighted by Gasteiger charge is 2.03.